The molecule has 134 valence electrons. The number of hydrogen-bond acceptors (Lipinski definition) is 8. The Labute approximate surface area is 156 Å². The molecule has 0 fully saturated rings. The summed E-state index contributed by atoms with van der Waals surface area (Å²) in [6.45, 7) is 5.16. The molecular weight excluding hydrogens is 350 g/mol. The van der Waals surface area contributed by atoms with Crippen molar-refractivity contribution in [2.75, 3.05) is 31.7 Å². The summed E-state index contributed by atoms with van der Waals surface area (Å²) in [5.41, 5.74) is 3.61. The summed E-state index contributed by atoms with van der Waals surface area (Å²) in [6.07, 6.45) is 0. The van der Waals surface area contributed by atoms with Gasteiger partial charge in [-0.3, -0.25) is 0 Å². The van der Waals surface area contributed by atoms with Gasteiger partial charge in [0.15, 0.2) is 5.00 Å². The fourth-order valence-electron chi connectivity index (χ4n) is 2.22. The van der Waals surface area contributed by atoms with Crippen LogP contribution in [0.3, 0.4) is 0 Å². The predicted molar refractivity (Wildman–Crippen MR) is 100 cm³/mol. The molecule has 0 bridgehead atoms. The fourth-order valence-corrected chi connectivity index (χ4v) is 3.09. The van der Waals surface area contributed by atoms with Gasteiger partial charge in [-0.15, -0.1) is 21.6 Å². The smallest absolute Gasteiger partial charge is 0.158 e. The molecule has 1 aromatic carbocycles. The van der Waals surface area contributed by atoms with Crippen molar-refractivity contribution in [1.82, 2.24) is 0 Å². The van der Waals surface area contributed by atoms with Crippen LogP contribution in [0.15, 0.2) is 28.4 Å². The zero-order valence-corrected chi connectivity index (χ0v) is 15.4. The molecule has 0 saturated carbocycles. The third-order valence-corrected chi connectivity index (χ3v) is 4.68. The summed E-state index contributed by atoms with van der Waals surface area (Å²) in [5.74, 6) is 0. The van der Waals surface area contributed by atoms with E-state index < -0.39 is 0 Å². The van der Waals surface area contributed by atoms with E-state index in [1.54, 1.807) is 6.92 Å². The normalized spacial score (nSPS) is 10.7. The van der Waals surface area contributed by atoms with Gasteiger partial charge < -0.3 is 15.2 Å². The van der Waals surface area contributed by atoms with Gasteiger partial charge in [0.25, 0.3) is 0 Å². The molecule has 0 atom stereocenters. The van der Waals surface area contributed by atoms with E-state index in [2.05, 4.69) is 27.7 Å². The van der Waals surface area contributed by atoms with Gasteiger partial charge in [-0.2, -0.15) is 10.5 Å². The second-order valence-electron chi connectivity index (χ2n) is 5.42. The van der Waals surface area contributed by atoms with Crippen LogP contribution in [0.5, 0.6) is 0 Å². The molecule has 2 aromatic rings. The topological polar surface area (TPSA) is 114 Å². The second kappa shape index (κ2) is 9.64. The monoisotopic (exact) mass is 369 g/mol. The molecule has 2 N–H and O–H groups in total. The molecule has 0 spiro atoms. The van der Waals surface area contributed by atoms with Crippen LogP contribution < -0.4 is 5.32 Å². The Bertz CT molecular complexity index is 877. The van der Waals surface area contributed by atoms with E-state index in [-0.39, 0.29) is 6.61 Å². The Morgan fingerprint density at radius 1 is 1.19 bits per heavy atom. The molecule has 0 saturated heterocycles. The zero-order chi connectivity index (χ0) is 18.9. The molecule has 0 aliphatic heterocycles. The van der Waals surface area contributed by atoms with Crippen molar-refractivity contribution in [2.24, 2.45) is 10.2 Å². The number of nitriles is 2. The molecule has 0 amide bonds. The number of aryl methyl sites for hydroxylation is 1. The highest BCUT2D eigenvalue weighted by Gasteiger charge is 2.14. The first-order valence-corrected chi connectivity index (χ1v) is 8.80. The van der Waals surface area contributed by atoms with Crippen molar-refractivity contribution >= 4 is 27.7 Å². The molecular formula is C18H19N5O2S. The molecule has 1 aromatic heterocycles. The summed E-state index contributed by atoms with van der Waals surface area (Å²) < 4.78 is 5.19. The zero-order valence-electron chi connectivity index (χ0n) is 14.6. The van der Waals surface area contributed by atoms with Crippen molar-refractivity contribution in [3.63, 3.8) is 0 Å². The molecule has 0 aliphatic carbocycles. The van der Waals surface area contributed by atoms with Crippen molar-refractivity contribution < 1.29 is 9.84 Å². The van der Waals surface area contributed by atoms with Crippen LogP contribution in [0.4, 0.5) is 16.4 Å². The van der Waals surface area contributed by atoms with Crippen LogP contribution in [0.2, 0.25) is 0 Å². The highest BCUT2D eigenvalue weighted by Crippen LogP contribution is 2.35. The Morgan fingerprint density at radius 2 is 2.00 bits per heavy atom. The summed E-state index contributed by atoms with van der Waals surface area (Å²) >= 11 is 1.17. The number of nitrogens with one attached hydrogen (secondary N) is 1. The van der Waals surface area contributed by atoms with E-state index in [0.717, 1.165) is 11.3 Å². The quantitative estimate of drug-likeness (QED) is 0.540. The number of ether oxygens (including phenoxy) is 1. The molecule has 7 nitrogen and oxygen atoms in total. The average molecular weight is 369 g/mol. The number of anilines is 1. The third kappa shape index (κ3) is 4.87. The molecule has 0 aliphatic rings. The minimum absolute atomic E-state index is 0.0198. The number of thiophene rings is 1. The standard InChI is InChI=1S/C18H19N5O2S/c1-12-9-14(21-5-7-25-8-6-24)3-4-16(12)22-23-18-15(10-19)13(2)17(11-20)26-18/h3-4,9,21,24H,5-8H2,1-2H3. The van der Waals surface area contributed by atoms with E-state index in [1.807, 2.05) is 25.1 Å². The van der Waals surface area contributed by atoms with Gasteiger partial charge in [-0.25, -0.2) is 0 Å². The third-order valence-electron chi connectivity index (χ3n) is 3.60. The molecule has 8 heteroatoms. The van der Waals surface area contributed by atoms with E-state index in [4.69, 9.17) is 15.1 Å². The van der Waals surface area contributed by atoms with Crippen LogP contribution >= 0.6 is 11.3 Å². The maximum absolute atomic E-state index is 9.25. The Kier molecular flexibility index (Phi) is 7.24. The second-order valence-corrected chi connectivity index (χ2v) is 6.42. The molecule has 0 unspecified atom stereocenters. The number of rotatable bonds is 8. The summed E-state index contributed by atoms with van der Waals surface area (Å²) in [7, 11) is 0. The number of aliphatic hydroxyl groups excluding tert-OH is 1. The lowest BCUT2D eigenvalue weighted by Crippen LogP contribution is -2.11. The van der Waals surface area contributed by atoms with Crippen LogP contribution in [-0.4, -0.2) is 31.5 Å². The van der Waals surface area contributed by atoms with Crippen LogP contribution in [0.1, 0.15) is 21.6 Å². The van der Waals surface area contributed by atoms with Crippen molar-refractivity contribution in [2.45, 2.75) is 13.8 Å². The van der Waals surface area contributed by atoms with Crippen molar-refractivity contribution in [3.8, 4) is 12.1 Å². The Balaban J connectivity index is 2.08. The lowest BCUT2D eigenvalue weighted by molar-refractivity contribution is 0.0992. The highest BCUT2D eigenvalue weighted by molar-refractivity contribution is 7.16. The summed E-state index contributed by atoms with van der Waals surface area (Å²) in [6, 6.07) is 9.84. The van der Waals surface area contributed by atoms with Gasteiger partial charge in [0, 0.05) is 12.2 Å². The summed E-state index contributed by atoms with van der Waals surface area (Å²) in [5, 5.41) is 39.0. The molecule has 1 heterocycles. The predicted octanol–water partition coefficient (Wildman–Crippen LogP) is 3.94. The first-order chi connectivity index (χ1) is 12.6. The van der Waals surface area contributed by atoms with Crippen LogP contribution in [0.25, 0.3) is 0 Å². The van der Waals surface area contributed by atoms with E-state index in [0.29, 0.717) is 46.5 Å². The lowest BCUT2D eigenvalue weighted by atomic mass is 10.2. The Hall–Kier alpha value is -2.78. The number of aliphatic hydroxyl groups is 1. The number of azo groups is 1. The molecule has 2 rings (SSSR count). The van der Waals surface area contributed by atoms with E-state index >= 15 is 0 Å². The van der Waals surface area contributed by atoms with Gasteiger partial charge in [0.05, 0.1) is 31.1 Å². The molecule has 0 radical (unpaired) electrons. The van der Waals surface area contributed by atoms with Gasteiger partial charge >= 0.3 is 0 Å². The largest absolute Gasteiger partial charge is 0.394 e. The SMILES string of the molecule is Cc1cc(NCCOCCO)ccc1N=Nc1sc(C#N)c(C)c1C#N. The minimum Gasteiger partial charge on any atom is -0.394 e. The summed E-state index contributed by atoms with van der Waals surface area (Å²) in [4.78, 5) is 0.482. The van der Waals surface area contributed by atoms with Crippen molar-refractivity contribution in [1.29, 1.82) is 10.5 Å². The maximum atomic E-state index is 9.25. The van der Waals surface area contributed by atoms with Crippen molar-refractivity contribution in [3.05, 3.63) is 39.8 Å². The number of hydrogen-bond donors (Lipinski definition) is 2. The maximum Gasteiger partial charge on any atom is 0.158 e. The highest BCUT2D eigenvalue weighted by atomic mass is 32.1. The fraction of sp³-hybridized carbons (Fsp3) is 0.333. The molecule has 26 heavy (non-hydrogen) atoms. The van der Waals surface area contributed by atoms with Crippen LogP contribution in [0, 0.1) is 36.5 Å². The van der Waals surface area contributed by atoms with Crippen LogP contribution in [-0.2, 0) is 4.74 Å². The Morgan fingerprint density at radius 3 is 2.65 bits per heavy atom. The van der Waals surface area contributed by atoms with Gasteiger partial charge in [0.1, 0.15) is 17.0 Å². The van der Waals surface area contributed by atoms with E-state index in [1.165, 1.54) is 11.3 Å². The first kappa shape index (κ1) is 19.5. The lowest BCUT2D eigenvalue weighted by Gasteiger charge is -2.08. The van der Waals surface area contributed by atoms with Gasteiger partial charge in [0.2, 0.25) is 0 Å². The van der Waals surface area contributed by atoms with Gasteiger partial charge in [-0.1, -0.05) is 0 Å². The van der Waals surface area contributed by atoms with E-state index in [9.17, 15) is 5.26 Å². The van der Waals surface area contributed by atoms with Gasteiger partial charge in [-0.05, 0) is 43.2 Å². The number of benzene rings is 1. The number of nitrogens with zero attached hydrogens (tertiary/aromatic N) is 4. The minimum atomic E-state index is 0.0198. The first-order valence-electron chi connectivity index (χ1n) is 7.99. The average Bonchev–Trinajstić information content (AvgIpc) is 2.95.